The van der Waals surface area contributed by atoms with E-state index in [1.807, 2.05) is 24.3 Å². The van der Waals surface area contributed by atoms with E-state index in [1.54, 1.807) is 6.92 Å². The number of nitrogens with one attached hydrogen (secondary N) is 2. The van der Waals surface area contributed by atoms with E-state index in [4.69, 9.17) is 16.3 Å². The van der Waals surface area contributed by atoms with E-state index in [9.17, 15) is 4.79 Å². The van der Waals surface area contributed by atoms with Crippen molar-refractivity contribution in [2.75, 3.05) is 19.7 Å². The fourth-order valence-electron chi connectivity index (χ4n) is 1.88. The molecule has 1 saturated heterocycles. The maximum Gasteiger partial charge on any atom is 0.253 e. The highest BCUT2D eigenvalue weighted by atomic mass is 35.5. The molecule has 0 aromatic heterocycles. The fraction of sp³-hybridized carbons (Fsp3) is 0.462. The first-order chi connectivity index (χ1) is 8.62. The summed E-state index contributed by atoms with van der Waals surface area (Å²) in [5.74, 6) is -0.116. The number of benzene rings is 1. The molecule has 0 saturated carbocycles. The molecule has 1 aliphatic rings. The molecule has 0 aliphatic carbocycles. The van der Waals surface area contributed by atoms with Crippen molar-refractivity contribution < 1.29 is 9.53 Å². The van der Waals surface area contributed by atoms with Gasteiger partial charge in [0.05, 0.1) is 6.61 Å². The Morgan fingerprint density at radius 2 is 2.33 bits per heavy atom. The van der Waals surface area contributed by atoms with Crippen LogP contribution in [0.4, 0.5) is 0 Å². The standard InChI is InChI=1S/C13H17ClN2O2/c1-13(9-15-6-7-18-13)12(17)16-8-10-4-2-3-5-11(10)14/h2-5,15H,6-9H2,1H3,(H,16,17)/t13-/m1/s1. The minimum atomic E-state index is -0.792. The second kappa shape index (κ2) is 5.69. The lowest BCUT2D eigenvalue weighted by Crippen LogP contribution is -2.56. The van der Waals surface area contributed by atoms with Gasteiger partial charge in [-0.1, -0.05) is 29.8 Å². The number of morpholine rings is 1. The van der Waals surface area contributed by atoms with Gasteiger partial charge in [-0.2, -0.15) is 0 Å². The number of carbonyl (C=O) groups is 1. The van der Waals surface area contributed by atoms with E-state index >= 15 is 0 Å². The molecule has 1 aliphatic heterocycles. The molecule has 0 spiro atoms. The predicted molar refractivity (Wildman–Crippen MR) is 70.5 cm³/mol. The Labute approximate surface area is 112 Å². The summed E-state index contributed by atoms with van der Waals surface area (Å²) in [5, 5.41) is 6.67. The summed E-state index contributed by atoms with van der Waals surface area (Å²) in [5.41, 5.74) is 0.111. The Balaban J connectivity index is 1.94. The van der Waals surface area contributed by atoms with Gasteiger partial charge >= 0.3 is 0 Å². The van der Waals surface area contributed by atoms with Gasteiger partial charge in [0.1, 0.15) is 0 Å². The largest absolute Gasteiger partial charge is 0.363 e. The zero-order chi connectivity index (χ0) is 13.0. The summed E-state index contributed by atoms with van der Waals surface area (Å²) in [6.45, 7) is 4.07. The quantitative estimate of drug-likeness (QED) is 0.870. The van der Waals surface area contributed by atoms with Crippen LogP contribution in [-0.2, 0) is 16.1 Å². The number of carbonyl (C=O) groups excluding carboxylic acids is 1. The van der Waals surface area contributed by atoms with Gasteiger partial charge in [0, 0.05) is 24.7 Å². The maximum atomic E-state index is 12.1. The van der Waals surface area contributed by atoms with Gasteiger partial charge < -0.3 is 15.4 Å². The third-order valence-electron chi connectivity index (χ3n) is 3.04. The van der Waals surface area contributed by atoms with Crippen molar-refractivity contribution in [2.24, 2.45) is 0 Å². The minimum absolute atomic E-state index is 0.116. The van der Waals surface area contributed by atoms with E-state index in [-0.39, 0.29) is 5.91 Å². The molecule has 0 radical (unpaired) electrons. The summed E-state index contributed by atoms with van der Waals surface area (Å²) in [7, 11) is 0. The third kappa shape index (κ3) is 3.02. The first-order valence-electron chi connectivity index (χ1n) is 5.98. The normalized spacial score (nSPS) is 23.7. The summed E-state index contributed by atoms with van der Waals surface area (Å²) in [6, 6.07) is 7.46. The van der Waals surface area contributed by atoms with Crippen LogP contribution in [0.15, 0.2) is 24.3 Å². The summed E-state index contributed by atoms with van der Waals surface area (Å²) in [6.07, 6.45) is 0. The number of amides is 1. The van der Waals surface area contributed by atoms with Crippen LogP contribution in [0, 0.1) is 0 Å². The molecule has 5 heteroatoms. The van der Waals surface area contributed by atoms with E-state index in [2.05, 4.69) is 10.6 Å². The summed E-state index contributed by atoms with van der Waals surface area (Å²) >= 11 is 6.03. The highest BCUT2D eigenvalue weighted by Gasteiger charge is 2.35. The Bertz CT molecular complexity index is 431. The topological polar surface area (TPSA) is 50.4 Å². The number of hydrogen-bond donors (Lipinski definition) is 2. The van der Waals surface area contributed by atoms with Crippen molar-refractivity contribution in [3.63, 3.8) is 0 Å². The summed E-state index contributed by atoms with van der Waals surface area (Å²) < 4.78 is 5.54. The molecule has 1 fully saturated rings. The van der Waals surface area contributed by atoms with Crippen LogP contribution in [0.2, 0.25) is 5.02 Å². The molecule has 4 nitrogen and oxygen atoms in total. The van der Waals surface area contributed by atoms with Gasteiger partial charge in [-0.15, -0.1) is 0 Å². The van der Waals surface area contributed by atoms with Gasteiger partial charge in [0.25, 0.3) is 5.91 Å². The first-order valence-corrected chi connectivity index (χ1v) is 6.36. The molecule has 18 heavy (non-hydrogen) atoms. The zero-order valence-electron chi connectivity index (χ0n) is 10.3. The number of halogens is 1. The average molecular weight is 269 g/mol. The van der Waals surface area contributed by atoms with Gasteiger partial charge in [-0.05, 0) is 18.6 Å². The molecule has 0 bridgehead atoms. The molecular weight excluding hydrogens is 252 g/mol. The molecule has 1 aromatic carbocycles. The Kier molecular flexibility index (Phi) is 4.22. The number of hydrogen-bond acceptors (Lipinski definition) is 3. The Hall–Kier alpha value is -1.10. The van der Waals surface area contributed by atoms with Crippen molar-refractivity contribution in [1.82, 2.24) is 10.6 Å². The predicted octanol–water partition coefficient (Wildman–Crippen LogP) is 1.33. The third-order valence-corrected chi connectivity index (χ3v) is 3.41. The molecule has 1 amide bonds. The lowest BCUT2D eigenvalue weighted by molar-refractivity contribution is -0.148. The van der Waals surface area contributed by atoms with Gasteiger partial charge in [-0.25, -0.2) is 0 Å². The Morgan fingerprint density at radius 3 is 3.00 bits per heavy atom. The average Bonchev–Trinajstić information content (AvgIpc) is 2.38. The zero-order valence-corrected chi connectivity index (χ0v) is 11.1. The van der Waals surface area contributed by atoms with Crippen molar-refractivity contribution >= 4 is 17.5 Å². The second-order valence-electron chi connectivity index (χ2n) is 4.53. The molecule has 1 atom stereocenters. The molecular formula is C13H17ClN2O2. The van der Waals surface area contributed by atoms with Crippen LogP contribution >= 0.6 is 11.6 Å². The number of ether oxygens (including phenoxy) is 1. The fourth-order valence-corrected chi connectivity index (χ4v) is 2.08. The van der Waals surface area contributed by atoms with Crippen LogP contribution in [0.25, 0.3) is 0 Å². The molecule has 98 valence electrons. The molecule has 1 aromatic rings. The van der Waals surface area contributed by atoms with Crippen molar-refractivity contribution in [3.05, 3.63) is 34.9 Å². The van der Waals surface area contributed by atoms with Crippen LogP contribution in [0.5, 0.6) is 0 Å². The van der Waals surface area contributed by atoms with E-state index in [1.165, 1.54) is 0 Å². The van der Waals surface area contributed by atoms with Crippen molar-refractivity contribution in [3.8, 4) is 0 Å². The SMILES string of the molecule is C[C@]1(C(=O)NCc2ccccc2Cl)CNCCO1. The van der Waals surface area contributed by atoms with Crippen molar-refractivity contribution in [1.29, 1.82) is 0 Å². The highest BCUT2D eigenvalue weighted by Crippen LogP contribution is 2.16. The van der Waals surface area contributed by atoms with Crippen molar-refractivity contribution in [2.45, 2.75) is 19.1 Å². The van der Waals surface area contributed by atoms with Gasteiger partial charge in [-0.3, -0.25) is 4.79 Å². The molecule has 0 unspecified atom stereocenters. The summed E-state index contributed by atoms with van der Waals surface area (Å²) in [4.78, 5) is 12.1. The monoisotopic (exact) mass is 268 g/mol. The lowest BCUT2D eigenvalue weighted by atomic mass is 10.0. The maximum absolute atomic E-state index is 12.1. The van der Waals surface area contributed by atoms with Crippen LogP contribution in [0.1, 0.15) is 12.5 Å². The van der Waals surface area contributed by atoms with E-state index in [0.29, 0.717) is 24.7 Å². The van der Waals surface area contributed by atoms with Crippen LogP contribution < -0.4 is 10.6 Å². The first kappa shape index (κ1) is 13.3. The minimum Gasteiger partial charge on any atom is -0.363 e. The van der Waals surface area contributed by atoms with E-state index < -0.39 is 5.60 Å². The molecule has 2 N–H and O–H groups in total. The smallest absolute Gasteiger partial charge is 0.253 e. The van der Waals surface area contributed by atoms with Gasteiger partial charge in [0.15, 0.2) is 5.60 Å². The van der Waals surface area contributed by atoms with Gasteiger partial charge in [0.2, 0.25) is 0 Å². The molecule has 2 rings (SSSR count). The molecule has 1 heterocycles. The number of rotatable bonds is 3. The lowest BCUT2D eigenvalue weighted by Gasteiger charge is -2.32. The van der Waals surface area contributed by atoms with E-state index in [0.717, 1.165) is 12.1 Å². The van der Waals surface area contributed by atoms with Crippen LogP contribution in [0.3, 0.4) is 0 Å². The van der Waals surface area contributed by atoms with Crippen LogP contribution in [-0.4, -0.2) is 31.2 Å². The highest BCUT2D eigenvalue weighted by molar-refractivity contribution is 6.31. The second-order valence-corrected chi connectivity index (χ2v) is 4.94. The Morgan fingerprint density at radius 1 is 1.56 bits per heavy atom.